The summed E-state index contributed by atoms with van der Waals surface area (Å²) in [7, 11) is 0. The predicted octanol–water partition coefficient (Wildman–Crippen LogP) is 1.58. The van der Waals surface area contributed by atoms with E-state index < -0.39 is 11.7 Å². The van der Waals surface area contributed by atoms with Gasteiger partial charge < -0.3 is 22.1 Å². The van der Waals surface area contributed by atoms with E-state index >= 15 is 0 Å². The molecule has 10 nitrogen and oxygen atoms in total. The minimum absolute atomic E-state index is 0.0235. The number of nitrogens with zero attached hydrogens (tertiary/aromatic N) is 5. The number of hydrogen-bond acceptors (Lipinski definition) is 8. The molecule has 2 atom stereocenters. The lowest BCUT2D eigenvalue weighted by molar-refractivity contribution is 0.100. The first-order chi connectivity index (χ1) is 13.9. The maximum Gasteiger partial charge on any atom is 0.252 e. The summed E-state index contributed by atoms with van der Waals surface area (Å²) in [6, 6.07) is 3.94. The summed E-state index contributed by atoms with van der Waals surface area (Å²) in [5, 5.41) is 14.0. The lowest BCUT2D eigenvalue weighted by Gasteiger charge is -2.22. The van der Waals surface area contributed by atoms with Gasteiger partial charge in [0, 0.05) is 30.0 Å². The first-order valence-corrected chi connectivity index (χ1v) is 9.01. The highest BCUT2D eigenvalue weighted by Crippen LogP contribution is 2.25. The molecule has 0 saturated carbocycles. The van der Waals surface area contributed by atoms with Gasteiger partial charge in [-0.25, -0.2) is 14.4 Å². The molecule has 0 bridgehead atoms. The Morgan fingerprint density at radius 1 is 1.24 bits per heavy atom. The second-order valence-electron chi connectivity index (χ2n) is 6.44. The topological polar surface area (TPSA) is 150 Å². The fourth-order valence-electron chi connectivity index (χ4n) is 2.73. The van der Waals surface area contributed by atoms with E-state index in [1.54, 1.807) is 12.1 Å². The molecule has 152 valence electrons. The molecule has 0 saturated heterocycles. The van der Waals surface area contributed by atoms with E-state index in [9.17, 15) is 9.18 Å². The molecule has 1 amide bonds. The molecule has 29 heavy (non-hydrogen) atoms. The lowest BCUT2D eigenvalue weighted by atomic mass is 10.1. The molecule has 0 radical (unpaired) electrons. The average Bonchev–Trinajstić information content (AvgIpc) is 3.22. The van der Waals surface area contributed by atoms with Crippen LogP contribution in [0.5, 0.6) is 0 Å². The Bertz CT molecular complexity index is 991. The van der Waals surface area contributed by atoms with Crippen molar-refractivity contribution >= 4 is 23.2 Å². The van der Waals surface area contributed by atoms with Crippen molar-refractivity contribution in [3.05, 3.63) is 48.2 Å². The Labute approximate surface area is 166 Å². The highest BCUT2D eigenvalue weighted by molar-refractivity contribution is 5.98. The Morgan fingerprint density at radius 2 is 1.97 bits per heavy atom. The second-order valence-corrected chi connectivity index (χ2v) is 6.44. The van der Waals surface area contributed by atoms with Crippen LogP contribution in [0.4, 0.5) is 21.7 Å². The molecule has 0 aliphatic carbocycles. The Morgan fingerprint density at radius 3 is 2.59 bits per heavy atom. The van der Waals surface area contributed by atoms with Crippen molar-refractivity contribution < 1.29 is 9.18 Å². The summed E-state index contributed by atoms with van der Waals surface area (Å²) in [4.78, 5) is 21.6. The van der Waals surface area contributed by atoms with E-state index in [2.05, 4.69) is 30.8 Å². The number of nitrogens with one attached hydrogen (secondary N) is 2. The van der Waals surface area contributed by atoms with E-state index in [0.717, 1.165) is 6.07 Å². The molecular formula is C18H22FN9O. The van der Waals surface area contributed by atoms with Gasteiger partial charge in [-0.05, 0) is 25.5 Å². The van der Waals surface area contributed by atoms with E-state index in [4.69, 9.17) is 11.5 Å². The minimum Gasteiger partial charge on any atom is -0.365 e. The van der Waals surface area contributed by atoms with E-state index in [1.807, 2.05) is 13.8 Å². The molecule has 0 unspecified atom stereocenters. The second kappa shape index (κ2) is 8.61. The first kappa shape index (κ1) is 20.1. The summed E-state index contributed by atoms with van der Waals surface area (Å²) in [6.45, 7) is 3.75. The van der Waals surface area contributed by atoms with Crippen molar-refractivity contribution in [3.8, 4) is 5.82 Å². The molecule has 3 rings (SSSR count). The number of anilines is 3. The number of carbonyl (C=O) groups excluding carboxylic acids is 1. The van der Waals surface area contributed by atoms with Gasteiger partial charge in [0.1, 0.15) is 5.82 Å². The first-order valence-electron chi connectivity index (χ1n) is 9.01. The maximum absolute atomic E-state index is 14.5. The molecule has 0 aromatic carbocycles. The van der Waals surface area contributed by atoms with Crippen molar-refractivity contribution in [3.63, 3.8) is 0 Å². The SMILES string of the molecule is CC[C@@H](Nc1nc(Nc2ccnc(-n3nccn3)c2)c(C(N)=O)cc1F)[C@H](C)N. The van der Waals surface area contributed by atoms with Crippen LogP contribution in [0, 0.1) is 5.82 Å². The number of pyridine rings is 2. The van der Waals surface area contributed by atoms with E-state index in [-0.39, 0.29) is 29.3 Å². The normalized spacial score (nSPS) is 13.0. The zero-order valence-electron chi connectivity index (χ0n) is 16.0. The van der Waals surface area contributed by atoms with Crippen molar-refractivity contribution in [1.29, 1.82) is 0 Å². The van der Waals surface area contributed by atoms with Crippen LogP contribution in [0.2, 0.25) is 0 Å². The molecule has 0 aliphatic rings. The van der Waals surface area contributed by atoms with Crippen LogP contribution in [0.3, 0.4) is 0 Å². The lowest BCUT2D eigenvalue weighted by Crippen LogP contribution is -2.38. The number of amides is 1. The van der Waals surface area contributed by atoms with Crippen LogP contribution < -0.4 is 22.1 Å². The zero-order valence-corrected chi connectivity index (χ0v) is 16.0. The predicted molar refractivity (Wildman–Crippen MR) is 107 cm³/mol. The minimum atomic E-state index is -0.812. The van der Waals surface area contributed by atoms with Crippen molar-refractivity contribution in [2.24, 2.45) is 11.5 Å². The number of primary amides is 1. The molecule has 0 aliphatic heterocycles. The monoisotopic (exact) mass is 399 g/mol. The van der Waals surface area contributed by atoms with E-state index in [0.29, 0.717) is 17.9 Å². The number of halogens is 1. The molecule has 3 heterocycles. The number of carbonyl (C=O) groups is 1. The zero-order chi connectivity index (χ0) is 21.0. The van der Waals surface area contributed by atoms with Gasteiger partial charge in [-0.1, -0.05) is 6.92 Å². The summed E-state index contributed by atoms with van der Waals surface area (Å²) < 4.78 is 14.5. The summed E-state index contributed by atoms with van der Waals surface area (Å²) >= 11 is 0. The molecule has 3 aromatic heterocycles. The fourth-order valence-corrected chi connectivity index (χ4v) is 2.73. The van der Waals surface area contributed by atoms with Crippen LogP contribution in [-0.4, -0.2) is 43.0 Å². The van der Waals surface area contributed by atoms with E-state index in [1.165, 1.54) is 23.4 Å². The Hall–Kier alpha value is -3.60. The van der Waals surface area contributed by atoms with Gasteiger partial charge in [0.2, 0.25) is 0 Å². The van der Waals surface area contributed by atoms with Crippen molar-refractivity contribution in [2.75, 3.05) is 10.6 Å². The van der Waals surface area contributed by atoms with Crippen LogP contribution >= 0.6 is 0 Å². The Balaban J connectivity index is 1.96. The highest BCUT2D eigenvalue weighted by atomic mass is 19.1. The molecule has 6 N–H and O–H groups in total. The van der Waals surface area contributed by atoms with Crippen LogP contribution in [0.15, 0.2) is 36.8 Å². The third-order valence-electron chi connectivity index (χ3n) is 4.27. The van der Waals surface area contributed by atoms with Crippen LogP contribution in [-0.2, 0) is 0 Å². The third kappa shape index (κ3) is 4.63. The molecular weight excluding hydrogens is 377 g/mol. The molecule has 0 fully saturated rings. The fraction of sp³-hybridized carbons (Fsp3) is 0.278. The summed E-state index contributed by atoms with van der Waals surface area (Å²) in [6.07, 6.45) is 5.25. The largest absolute Gasteiger partial charge is 0.365 e. The van der Waals surface area contributed by atoms with Crippen molar-refractivity contribution in [2.45, 2.75) is 32.4 Å². The average molecular weight is 399 g/mol. The van der Waals surface area contributed by atoms with Gasteiger partial charge in [-0.3, -0.25) is 4.79 Å². The van der Waals surface area contributed by atoms with Gasteiger partial charge in [0.25, 0.3) is 5.91 Å². The summed E-state index contributed by atoms with van der Waals surface area (Å²) in [5.41, 5.74) is 11.8. The molecule has 0 spiro atoms. The summed E-state index contributed by atoms with van der Waals surface area (Å²) in [5.74, 6) is -0.979. The van der Waals surface area contributed by atoms with Gasteiger partial charge in [-0.15, -0.1) is 4.80 Å². The number of hydrogen-bond donors (Lipinski definition) is 4. The smallest absolute Gasteiger partial charge is 0.252 e. The maximum atomic E-state index is 14.5. The van der Waals surface area contributed by atoms with Gasteiger partial charge in [0.15, 0.2) is 17.5 Å². The third-order valence-corrected chi connectivity index (χ3v) is 4.27. The number of rotatable bonds is 8. The Kier molecular flexibility index (Phi) is 5.98. The quantitative estimate of drug-likeness (QED) is 0.446. The highest BCUT2D eigenvalue weighted by Gasteiger charge is 2.19. The standard InChI is InChI=1S/C18H22FN9O/c1-3-14(10(2)20)26-18-13(19)9-12(16(21)29)17(27-18)25-11-4-5-22-15(8-11)28-23-6-7-24-28/h4-10,14H,3,20H2,1-2H3,(H2,21,29)(H2,22,25,26,27)/t10-,14+/m0/s1. The van der Waals surface area contributed by atoms with Crippen LogP contribution in [0.1, 0.15) is 30.6 Å². The van der Waals surface area contributed by atoms with Gasteiger partial charge in [0.05, 0.1) is 18.0 Å². The van der Waals surface area contributed by atoms with Gasteiger partial charge in [-0.2, -0.15) is 10.2 Å². The molecule has 3 aromatic rings. The van der Waals surface area contributed by atoms with Crippen LogP contribution in [0.25, 0.3) is 5.82 Å². The van der Waals surface area contributed by atoms with Crippen molar-refractivity contribution in [1.82, 2.24) is 25.0 Å². The number of nitrogens with two attached hydrogens (primary N) is 2. The van der Waals surface area contributed by atoms with Gasteiger partial charge >= 0.3 is 0 Å². The number of aromatic nitrogens is 5. The molecule has 11 heteroatoms.